The van der Waals surface area contributed by atoms with Gasteiger partial charge in [0.1, 0.15) is 0 Å². The number of nitrogens with one attached hydrogen (secondary N) is 1. The van der Waals surface area contributed by atoms with Crippen LogP contribution in [0.3, 0.4) is 0 Å². The van der Waals surface area contributed by atoms with E-state index >= 15 is 0 Å². The van der Waals surface area contributed by atoms with Crippen LogP contribution in [-0.4, -0.2) is 62.2 Å². The van der Waals surface area contributed by atoms with Gasteiger partial charge in [0.2, 0.25) is 0 Å². The minimum atomic E-state index is 0.554. The van der Waals surface area contributed by atoms with Crippen LogP contribution in [0.2, 0.25) is 0 Å². The van der Waals surface area contributed by atoms with E-state index < -0.39 is 0 Å². The highest BCUT2D eigenvalue weighted by Gasteiger charge is 2.31. The average molecular weight is 253 g/mol. The van der Waals surface area contributed by atoms with Crippen molar-refractivity contribution in [2.45, 2.75) is 45.6 Å². The summed E-state index contributed by atoms with van der Waals surface area (Å²) in [6, 6.07) is 0.750. The van der Waals surface area contributed by atoms with Crippen molar-refractivity contribution in [1.82, 2.24) is 15.1 Å². The minimum absolute atomic E-state index is 0.554. The number of piperidine rings is 1. The molecule has 2 fully saturated rings. The van der Waals surface area contributed by atoms with Crippen molar-refractivity contribution in [2.75, 3.05) is 46.3 Å². The summed E-state index contributed by atoms with van der Waals surface area (Å²) in [6.07, 6.45) is 5.33. The SMILES string of the molecule is CCC1CCN(CC2(C)CCN(C)CC2)CCN1. The van der Waals surface area contributed by atoms with Crippen LogP contribution in [0.4, 0.5) is 0 Å². The highest BCUT2D eigenvalue weighted by atomic mass is 15.2. The maximum absolute atomic E-state index is 3.67. The van der Waals surface area contributed by atoms with E-state index in [9.17, 15) is 0 Å². The number of likely N-dealkylation sites (tertiary alicyclic amines) is 1. The first kappa shape index (κ1) is 14.3. The van der Waals surface area contributed by atoms with Crippen LogP contribution in [0.1, 0.15) is 39.5 Å². The van der Waals surface area contributed by atoms with Crippen molar-refractivity contribution in [3.05, 3.63) is 0 Å². The van der Waals surface area contributed by atoms with Crippen LogP contribution >= 0.6 is 0 Å². The first-order chi connectivity index (χ1) is 8.61. The summed E-state index contributed by atoms with van der Waals surface area (Å²) < 4.78 is 0. The molecular weight excluding hydrogens is 222 g/mol. The van der Waals surface area contributed by atoms with E-state index in [2.05, 4.69) is 36.0 Å². The Kier molecular flexibility index (Phi) is 5.05. The molecule has 0 aromatic rings. The lowest BCUT2D eigenvalue weighted by Gasteiger charge is -2.41. The third kappa shape index (κ3) is 3.94. The fourth-order valence-electron chi connectivity index (χ4n) is 3.34. The molecule has 0 aromatic heterocycles. The fraction of sp³-hybridized carbons (Fsp3) is 1.00. The molecule has 1 N–H and O–H groups in total. The van der Waals surface area contributed by atoms with E-state index in [0.717, 1.165) is 6.04 Å². The molecule has 2 aliphatic heterocycles. The van der Waals surface area contributed by atoms with Crippen molar-refractivity contribution < 1.29 is 0 Å². The Morgan fingerprint density at radius 2 is 1.89 bits per heavy atom. The van der Waals surface area contributed by atoms with Gasteiger partial charge in [0.15, 0.2) is 0 Å². The molecule has 0 bridgehead atoms. The standard InChI is InChI=1S/C15H31N3/c1-4-14-5-9-18(12-8-16-14)13-15(2)6-10-17(3)11-7-15/h14,16H,4-13H2,1-3H3. The van der Waals surface area contributed by atoms with E-state index in [1.54, 1.807) is 0 Å². The number of hydrogen-bond donors (Lipinski definition) is 1. The average Bonchev–Trinajstić information content (AvgIpc) is 2.58. The van der Waals surface area contributed by atoms with Gasteiger partial charge in [0.05, 0.1) is 0 Å². The van der Waals surface area contributed by atoms with Gasteiger partial charge in [-0.15, -0.1) is 0 Å². The van der Waals surface area contributed by atoms with E-state index in [0.29, 0.717) is 5.41 Å². The molecule has 0 aromatic carbocycles. The summed E-state index contributed by atoms with van der Waals surface area (Å²) in [5.74, 6) is 0. The summed E-state index contributed by atoms with van der Waals surface area (Å²) in [5, 5.41) is 3.67. The molecule has 1 atom stereocenters. The smallest absolute Gasteiger partial charge is 0.0107 e. The Bertz CT molecular complexity index is 246. The monoisotopic (exact) mass is 253 g/mol. The van der Waals surface area contributed by atoms with Crippen molar-refractivity contribution in [3.8, 4) is 0 Å². The summed E-state index contributed by atoms with van der Waals surface area (Å²) in [4.78, 5) is 5.17. The van der Waals surface area contributed by atoms with Gasteiger partial charge in [-0.05, 0) is 57.8 Å². The van der Waals surface area contributed by atoms with Crippen LogP contribution < -0.4 is 5.32 Å². The Morgan fingerprint density at radius 1 is 1.17 bits per heavy atom. The first-order valence-corrected chi connectivity index (χ1v) is 7.75. The van der Waals surface area contributed by atoms with Crippen molar-refractivity contribution in [1.29, 1.82) is 0 Å². The minimum Gasteiger partial charge on any atom is -0.313 e. The summed E-state index contributed by atoms with van der Waals surface area (Å²) in [6.45, 7) is 12.4. The van der Waals surface area contributed by atoms with Gasteiger partial charge in [-0.1, -0.05) is 13.8 Å². The van der Waals surface area contributed by atoms with E-state index in [1.165, 1.54) is 65.0 Å². The zero-order valence-corrected chi connectivity index (χ0v) is 12.5. The zero-order valence-electron chi connectivity index (χ0n) is 12.5. The maximum Gasteiger partial charge on any atom is 0.0107 e. The molecule has 2 heterocycles. The summed E-state index contributed by atoms with van der Waals surface area (Å²) in [7, 11) is 2.25. The second-order valence-electron chi connectivity index (χ2n) is 6.74. The summed E-state index contributed by atoms with van der Waals surface area (Å²) in [5.41, 5.74) is 0.554. The van der Waals surface area contributed by atoms with Gasteiger partial charge in [-0.25, -0.2) is 0 Å². The van der Waals surface area contributed by atoms with E-state index in [4.69, 9.17) is 0 Å². The van der Waals surface area contributed by atoms with Gasteiger partial charge < -0.3 is 15.1 Å². The molecule has 1 unspecified atom stereocenters. The second-order valence-corrected chi connectivity index (χ2v) is 6.74. The van der Waals surface area contributed by atoms with Crippen LogP contribution in [0, 0.1) is 5.41 Å². The number of nitrogens with zero attached hydrogens (tertiary/aromatic N) is 2. The lowest BCUT2D eigenvalue weighted by Crippen LogP contribution is -2.44. The molecule has 2 saturated heterocycles. The third-order valence-electron chi connectivity index (χ3n) is 4.95. The molecule has 3 heteroatoms. The number of rotatable bonds is 3. The van der Waals surface area contributed by atoms with E-state index in [1.807, 2.05) is 0 Å². The zero-order chi connectivity index (χ0) is 13.0. The van der Waals surface area contributed by atoms with Crippen molar-refractivity contribution in [2.24, 2.45) is 5.41 Å². The topological polar surface area (TPSA) is 18.5 Å². The molecule has 0 amide bonds. The van der Waals surface area contributed by atoms with Crippen LogP contribution in [-0.2, 0) is 0 Å². The molecule has 0 aliphatic carbocycles. The van der Waals surface area contributed by atoms with Gasteiger partial charge in [0, 0.05) is 25.7 Å². The molecule has 0 spiro atoms. The van der Waals surface area contributed by atoms with Gasteiger partial charge in [-0.2, -0.15) is 0 Å². The maximum atomic E-state index is 3.67. The highest BCUT2D eigenvalue weighted by molar-refractivity contribution is 4.86. The van der Waals surface area contributed by atoms with E-state index in [-0.39, 0.29) is 0 Å². The van der Waals surface area contributed by atoms with Crippen LogP contribution in [0.15, 0.2) is 0 Å². The Morgan fingerprint density at radius 3 is 2.56 bits per heavy atom. The quantitative estimate of drug-likeness (QED) is 0.827. The second kappa shape index (κ2) is 6.36. The molecular formula is C15H31N3. The Labute approximate surface area is 113 Å². The predicted octanol–water partition coefficient (Wildman–Crippen LogP) is 1.79. The van der Waals surface area contributed by atoms with Gasteiger partial charge in [-0.3, -0.25) is 0 Å². The predicted molar refractivity (Wildman–Crippen MR) is 78.0 cm³/mol. The third-order valence-corrected chi connectivity index (χ3v) is 4.95. The van der Waals surface area contributed by atoms with Gasteiger partial charge in [0.25, 0.3) is 0 Å². The summed E-state index contributed by atoms with van der Waals surface area (Å²) >= 11 is 0. The molecule has 0 saturated carbocycles. The molecule has 3 nitrogen and oxygen atoms in total. The largest absolute Gasteiger partial charge is 0.313 e. The molecule has 18 heavy (non-hydrogen) atoms. The van der Waals surface area contributed by atoms with Gasteiger partial charge >= 0.3 is 0 Å². The van der Waals surface area contributed by atoms with Crippen LogP contribution in [0.5, 0.6) is 0 Å². The fourth-order valence-corrected chi connectivity index (χ4v) is 3.34. The number of hydrogen-bond acceptors (Lipinski definition) is 3. The molecule has 2 aliphatic rings. The molecule has 2 rings (SSSR count). The highest BCUT2D eigenvalue weighted by Crippen LogP contribution is 2.31. The first-order valence-electron chi connectivity index (χ1n) is 7.75. The molecule has 106 valence electrons. The van der Waals surface area contributed by atoms with Crippen molar-refractivity contribution >= 4 is 0 Å². The van der Waals surface area contributed by atoms with Crippen molar-refractivity contribution in [3.63, 3.8) is 0 Å². The molecule has 0 radical (unpaired) electrons. The Balaban J connectivity index is 1.81. The Hall–Kier alpha value is -0.120. The normalized spacial score (nSPS) is 31.2. The van der Waals surface area contributed by atoms with Crippen LogP contribution in [0.25, 0.3) is 0 Å². The lowest BCUT2D eigenvalue weighted by atomic mass is 9.80. The lowest BCUT2D eigenvalue weighted by molar-refractivity contribution is 0.0891.